The van der Waals surface area contributed by atoms with E-state index in [-0.39, 0.29) is 5.28 Å². The fourth-order valence-electron chi connectivity index (χ4n) is 2.01. The summed E-state index contributed by atoms with van der Waals surface area (Å²) in [6.07, 6.45) is 3.55. The average Bonchev–Trinajstić information content (AvgIpc) is 2.54. The first-order chi connectivity index (χ1) is 10.3. The summed E-state index contributed by atoms with van der Waals surface area (Å²) in [5, 5.41) is 3.38. The van der Waals surface area contributed by atoms with Gasteiger partial charge in [-0.25, -0.2) is 0 Å². The normalized spacial score (nSPS) is 15.0. The number of rotatable bonds is 4. The summed E-state index contributed by atoms with van der Waals surface area (Å²) in [7, 11) is 0. The zero-order chi connectivity index (χ0) is 14.5. The van der Waals surface area contributed by atoms with E-state index in [0.29, 0.717) is 18.4 Å². The van der Waals surface area contributed by atoms with Gasteiger partial charge >= 0.3 is 0 Å². The molecule has 1 N–H and O–H groups in total. The van der Waals surface area contributed by atoms with E-state index in [1.54, 1.807) is 12.4 Å². The summed E-state index contributed by atoms with van der Waals surface area (Å²) >= 11 is 7.95. The fourth-order valence-corrected chi connectivity index (χ4v) is 3.07. The predicted molar refractivity (Wildman–Crippen MR) is 85.9 cm³/mol. The van der Waals surface area contributed by atoms with E-state index in [1.165, 1.54) is 0 Å². The maximum absolute atomic E-state index is 6.00. The third-order valence-electron chi connectivity index (χ3n) is 3.06. The quantitative estimate of drug-likeness (QED) is 0.924. The SMILES string of the molecule is Clc1nc(NCc2cccnc2)nc(N2CCSCC2)n1. The molecule has 0 aliphatic carbocycles. The standard InChI is InChI=1S/C13H15ClN6S/c14-11-17-12(16-9-10-2-1-3-15-8-10)19-13(18-11)20-4-6-21-7-5-20/h1-3,8H,4-7,9H2,(H,16,17,18,19). The van der Waals surface area contributed by atoms with Gasteiger partial charge < -0.3 is 10.2 Å². The van der Waals surface area contributed by atoms with Crippen molar-refractivity contribution in [1.82, 2.24) is 19.9 Å². The van der Waals surface area contributed by atoms with E-state index < -0.39 is 0 Å². The van der Waals surface area contributed by atoms with Crippen molar-refractivity contribution in [2.75, 3.05) is 34.8 Å². The largest absolute Gasteiger partial charge is 0.350 e. The Labute approximate surface area is 132 Å². The van der Waals surface area contributed by atoms with Crippen molar-refractivity contribution in [2.45, 2.75) is 6.54 Å². The molecule has 0 saturated carbocycles. The number of pyridine rings is 1. The van der Waals surface area contributed by atoms with Crippen molar-refractivity contribution < 1.29 is 0 Å². The van der Waals surface area contributed by atoms with Crippen LogP contribution in [0.4, 0.5) is 11.9 Å². The van der Waals surface area contributed by atoms with Crippen molar-refractivity contribution in [3.63, 3.8) is 0 Å². The Morgan fingerprint density at radius 3 is 2.86 bits per heavy atom. The Morgan fingerprint density at radius 1 is 1.24 bits per heavy atom. The van der Waals surface area contributed by atoms with Crippen LogP contribution < -0.4 is 10.2 Å². The third-order valence-corrected chi connectivity index (χ3v) is 4.18. The third kappa shape index (κ3) is 3.95. The van der Waals surface area contributed by atoms with E-state index in [9.17, 15) is 0 Å². The molecular formula is C13H15ClN6S. The van der Waals surface area contributed by atoms with E-state index in [2.05, 4.69) is 30.2 Å². The van der Waals surface area contributed by atoms with Crippen LogP contribution in [-0.4, -0.2) is 44.5 Å². The Kier molecular flexibility index (Phi) is 4.72. The van der Waals surface area contributed by atoms with Gasteiger partial charge in [-0.1, -0.05) is 6.07 Å². The monoisotopic (exact) mass is 322 g/mol. The molecule has 0 amide bonds. The first-order valence-corrected chi connectivity index (χ1v) is 8.21. The number of aromatic nitrogens is 4. The summed E-state index contributed by atoms with van der Waals surface area (Å²) < 4.78 is 0. The summed E-state index contributed by atoms with van der Waals surface area (Å²) in [6.45, 7) is 2.48. The highest BCUT2D eigenvalue weighted by atomic mass is 35.5. The Bertz CT molecular complexity index is 590. The van der Waals surface area contributed by atoms with E-state index in [4.69, 9.17) is 11.6 Å². The second-order valence-electron chi connectivity index (χ2n) is 4.54. The van der Waals surface area contributed by atoms with Crippen LogP contribution in [0.3, 0.4) is 0 Å². The Morgan fingerprint density at radius 2 is 2.10 bits per heavy atom. The molecule has 0 aromatic carbocycles. The minimum absolute atomic E-state index is 0.215. The second-order valence-corrected chi connectivity index (χ2v) is 6.11. The van der Waals surface area contributed by atoms with Crippen LogP contribution in [0.2, 0.25) is 5.28 Å². The molecule has 1 saturated heterocycles. The van der Waals surface area contributed by atoms with Crippen molar-refractivity contribution in [3.8, 4) is 0 Å². The lowest BCUT2D eigenvalue weighted by Gasteiger charge is -2.26. The number of hydrogen-bond donors (Lipinski definition) is 1. The molecule has 2 aromatic heterocycles. The van der Waals surface area contributed by atoms with Crippen molar-refractivity contribution in [3.05, 3.63) is 35.4 Å². The number of thioether (sulfide) groups is 1. The molecule has 0 unspecified atom stereocenters. The van der Waals surface area contributed by atoms with Crippen molar-refractivity contribution in [2.24, 2.45) is 0 Å². The summed E-state index contributed by atoms with van der Waals surface area (Å²) in [5.74, 6) is 3.31. The first kappa shape index (κ1) is 14.3. The van der Waals surface area contributed by atoms with Crippen LogP contribution in [0.1, 0.15) is 5.56 Å². The summed E-state index contributed by atoms with van der Waals surface area (Å²) in [5.41, 5.74) is 1.06. The Hall–Kier alpha value is -1.60. The van der Waals surface area contributed by atoms with E-state index in [0.717, 1.165) is 30.2 Å². The van der Waals surface area contributed by atoms with Gasteiger partial charge in [0.15, 0.2) is 0 Å². The zero-order valence-electron chi connectivity index (χ0n) is 11.4. The number of nitrogens with zero attached hydrogens (tertiary/aromatic N) is 5. The van der Waals surface area contributed by atoms with Gasteiger partial charge in [0, 0.05) is 43.5 Å². The van der Waals surface area contributed by atoms with Crippen LogP contribution in [0.15, 0.2) is 24.5 Å². The van der Waals surface area contributed by atoms with Crippen LogP contribution in [-0.2, 0) is 6.54 Å². The van der Waals surface area contributed by atoms with Crippen molar-refractivity contribution in [1.29, 1.82) is 0 Å². The van der Waals surface area contributed by atoms with Crippen LogP contribution in [0.25, 0.3) is 0 Å². The van der Waals surface area contributed by atoms with Crippen LogP contribution in [0.5, 0.6) is 0 Å². The molecule has 2 aromatic rings. The maximum atomic E-state index is 6.00. The summed E-state index contributed by atoms with van der Waals surface area (Å²) in [6, 6.07) is 3.89. The number of halogens is 1. The lowest BCUT2D eigenvalue weighted by Crippen LogP contribution is -2.34. The molecular weight excluding hydrogens is 308 g/mol. The van der Waals surface area contributed by atoms with Gasteiger partial charge in [-0.05, 0) is 23.2 Å². The molecule has 3 heterocycles. The van der Waals surface area contributed by atoms with E-state index >= 15 is 0 Å². The van der Waals surface area contributed by atoms with Gasteiger partial charge in [0.1, 0.15) is 0 Å². The van der Waals surface area contributed by atoms with Gasteiger partial charge in [-0.15, -0.1) is 0 Å². The molecule has 110 valence electrons. The highest BCUT2D eigenvalue weighted by Gasteiger charge is 2.15. The second kappa shape index (κ2) is 6.91. The topological polar surface area (TPSA) is 66.8 Å². The predicted octanol–water partition coefficient (Wildman–Crippen LogP) is 2.09. The number of nitrogens with one attached hydrogen (secondary N) is 1. The molecule has 0 spiro atoms. The average molecular weight is 323 g/mol. The molecule has 0 atom stereocenters. The van der Waals surface area contributed by atoms with Gasteiger partial charge in [0.05, 0.1) is 0 Å². The smallest absolute Gasteiger partial charge is 0.231 e. The lowest BCUT2D eigenvalue weighted by molar-refractivity contribution is 0.806. The minimum Gasteiger partial charge on any atom is -0.350 e. The van der Waals surface area contributed by atoms with E-state index in [1.807, 2.05) is 23.9 Å². The molecule has 1 aliphatic heterocycles. The summed E-state index contributed by atoms with van der Waals surface area (Å²) in [4.78, 5) is 19.0. The molecule has 0 radical (unpaired) electrons. The van der Waals surface area contributed by atoms with Gasteiger partial charge in [-0.2, -0.15) is 26.7 Å². The van der Waals surface area contributed by atoms with Gasteiger partial charge in [0.25, 0.3) is 0 Å². The lowest BCUT2D eigenvalue weighted by atomic mass is 10.3. The molecule has 3 rings (SSSR count). The molecule has 6 nitrogen and oxygen atoms in total. The molecule has 1 fully saturated rings. The zero-order valence-corrected chi connectivity index (χ0v) is 12.9. The highest BCUT2D eigenvalue weighted by molar-refractivity contribution is 7.99. The van der Waals surface area contributed by atoms with Crippen LogP contribution >= 0.6 is 23.4 Å². The fraction of sp³-hybridized carbons (Fsp3) is 0.385. The number of anilines is 2. The first-order valence-electron chi connectivity index (χ1n) is 6.68. The van der Waals surface area contributed by atoms with Gasteiger partial charge in [-0.3, -0.25) is 4.98 Å². The van der Waals surface area contributed by atoms with Gasteiger partial charge in [0.2, 0.25) is 17.2 Å². The molecule has 0 bridgehead atoms. The van der Waals surface area contributed by atoms with Crippen molar-refractivity contribution >= 4 is 35.3 Å². The minimum atomic E-state index is 0.215. The van der Waals surface area contributed by atoms with Crippen LogP contribution in [0, 0.1) is 0 Å². The highest BCUT2D eigenvalue weighted by Crippen LogP contribution is 2.18. The molecule has 8 heteroatoms. The maximum Gasteiger partial charge on any atom is 0.231 e. The Balaban J connectivity index is 1.71. The molecule has 21 heavy (non-hydrogen) atoms. The number of hydrogen-bond acceptors (Lipinski definition) is 7. The molecule has 1 aliphatic rings.